The van der Waals surface area contributed by atoms with Crippen molar-refractivity contribution < 1.29 is 0 Å². The number of nitrogens with two attached hydrogens (primary N) is 1. The number of hydrogen-bond acceptors (Lipinski definition) is 2. The SMILES string of the molecule is C=CCN(CCC)CCCc1ccc(N)cc1. The van der Waals surface area contributed by atoms with Crippen molar-refractivity contribution in [3.63, 3.8) is 0 Å². The Hall–Kier alpha value is -1.28. The fraction of sp³-hybridized carbons (Fsp3) is 0.467. The molecule has 0 heterocycles. The van der Waals surface area contributed by atoms with Crippen LogP contribution in [0.2, 0.25) is 0 Å². The van der Waals surface area contributed by atoms with Crippen molar-refractivity contribution >= 4 is 5.69 Å². The van der Waals surface area contributed by atoms with E-state index in [9.17, 15) is 0 Å². The Morgan fingerprint density at radius 2 is 1.94 bits per heavy atom. The smallest absolute Gasteiger partial charge is 0.0314 e. The van der Waals surface area contributed by atoms with Gasteiger partial charge in [-0.25, -0.2) is 0 Å². The summed E-state index contributed by atoms with van der Waals surface area (Å²) in [6.45, 7) is 9.32. The first-order valence-corrected chi connectivity index (χ1v) is 6.44. The predicted octanol–water partition coefficient (Wildman–Crippen LogP) is 3.10. The summed E-state index contributed by atoms with van der Waals surface area (Å²) < 4.78 is 0. The van der Waals surface area contributed by atoms with Crippen molar-refractivity contribution in [2.75, 3.05) is 25.4 Å². The van der Waals surface area contributed by atoms with Crippen molar-refractivity contribution in [3.8, 4) is 0 Å². The quantitative estimate of drug-likeness (QED) is 0.551. The second-order valence-electron chi connectivity index (χ2n) is 4.43. The molecule has 0 fully saturated rings. The number of nitrogen functional groups attached to an aromatic ring is 1. The first-order chi connectivity index (χ1) is 8.26. The van der Waals surface area contributed by atoms with Gasteiger partial charge in [0.2, 0.25) is 0 Å². The van der Waals surface area contributed by atoms with E-state index in [-0.39, 0.29) is 0 Å². The highest BCUT2D eigenvalue weighted by molar-refractivity contribution is 5.39. The van der Waals surface area contributed by atoms with Gasteiger partial charge in [0.1, 0.15) is 0 Å². The molecule has 0 saturated heterocycles. The largest absolute Gasteiger partial charge is 0.399 e. The van der Waals surface area contributed by atoms with Gasteiger partial charge in [-0.2, -0.15) is 0 Å². The van der Waals surface area contributed by atoms with Crippen LogP contribution in [0, 0.1) is 0 Å². The standard InChI is InChI=1S/C15H24N2/c1-3-11-17(12-4-2)13-5-6-14-7-9-15(16)10-8-14/h3,7-10H,1,4-6,11-13,16H2,2H3. The van der Waals surface area contributed by atoms with E-state index in [0.29, 0.717) is 0 Å². The molecule has 0 aliphatic heterocycles. The molecule has 0 radical (unpaired) electrons. The Morgan fingerprint density at radius 1 is 1.24 bits per heavy atom. The lowest BCUT2D eigenvalue weighted by Crippen LogP contribution is -2.26. The third-order valence-electron chi connectivity index (χ3n) is 2.85. The van der Waals surface area contributed by atoms with E-state index in [4.69, 9.17) is 5.73 Å². The average Bonchev–Trinajstić information content (AvgIpc) is 2.32. The molecule has 0 saturated carbocycles. The molecule has 0 bridgehead atoms. The van der Waals surface area contributed by atoms with Gasteiger partial charge in [0.15, 0.2) is 0 Å². The van der Waals surface area contributed by atoms with Crippen molar-refractivity contribution in [2.24, 2.45) is 0 Å². The monoisotopic (exact) mass is 232 g/mol. The van der Waals surface area contributed by atoms with Gasteiger partial charge >= 0.3 is 0 Å². The molecule has 1 rings (SSSR count). The number of anilines is 1. The van der Waals surface area contributed by atoms with Gasteiger partial charge < -0.3 is 5.73 Å². The predicted molar refractivity (Wildman–Crippen MR) is 76.1 cm³/mol. The summed E-state index contributed by atoms with van der Waals surface area (Å²) in [6, 6.07) is 8.19. The lowest BCUT2D eigenvalue weighted by Gasteiger charge is -2.19. The van der Waals surface area contributed by atoms with Crippen molar-refractivity contribution in [2.45, 2.75) is 26.2 Å². The molecule has 17 heavy (non-hydrogen) atoms. The maximum Gasteiger partial charge on any atom is 0.0314 e. The van der Waals surface area contributed by atoms with Crippen LogP contribution in [0.15, 0.2) is 36.9 Å². The van der Waals surface area contributed by atoms with Crippen LogP contribution in [-0.4, -0.2) is 24.5 Å². The molecule has 0 spiro atoms. The second-order valence-corrected chi connectivity index (χ2v) is 4.43. The second kappa shape index (κ2) is 7.91. The first kappa shape index (κ1) is 13.8. The molecule has 2 heteroatoms. The summed E-state index contributed by atoms with van der Waals surface area (Å²) in [7, 11) is 0. The molecule has 0 aliphatic carbocycles. The Kier molecular flexibility index (Phi) is 6.41. The van der Waals surface area contributed by atoms with Crippen LogP contribution in [0.25, 0.3) is 0 Å². The van der Waals surface area contributed by atoms with Crippen LogP contribution in [0.4, 0.5) is 5.69 Å². The zero-order chi connectivity index (χ0) is 12.5. The van der Waals surface area contributed by atoms with E-state index < -0.39 is 0 Å². The van der Waals surface area contributed by atoms with Crippen LogP contribution in [0.1, 0.15) is 25.3 Å². The van der Waals surface area contributed by atoms with Crippen LogP contribution >= 0.6 is 0 Å². The number of nitrogens with zero attached hydrogens (tertiary/aromatic N) is 1. The maximum absolute atomic E-state index is 5.66. The minimum Gasteiger partial charge on any atom is -0.399 e. The highest BCUT2D eigenvalue weighted by Gasteiger charge is 2.01. The molecular formula is C15H24N2. The van der Waals surface area contributed by atoms with E-state index in [1.54, 1.807) is 0 Å². The Balaban J connectivity index is 2.29. The number of hydrogen-bond donors (Lipinski definition) is 1. The Bertz CT molecular complexity index is 316. The van der Waals surface area contributed by atoms with Gasteiger partial charge in [0.25, 0.3) is 0 Å². The summed E-state index contributed by atoms with van der Waals surface area (Å²) in [6.07, 6.45) is 5.50. The van der Waals surface area contributed by atoms with Crippen molar-refractivity contribution in [3.05, 3.63) is 42.5 Å². The Morgan fingerprint density at radius 3 is 2.53 bits per heavy atom. The van der Waals surface area contributed by atoms with E-state index in [1.165, 1.54) is 18.4 Å². The van der Waals surface area contributed by atoms with E-state index >= 15 is 0 Å². The van der Waals surface area contributed by atoms with Gasteiger partial charge in [-0.3, -0.25) is 4.90 Å². The summed E-state index contributed by atoms with van der Waals surface area (Å²) in [5, 5.41) is 0. The molecular weight excluding hydrogens is 208 g/mol. The van der Waals surface area contributed by atoms with Gasteiger partial charge in [-0.1, -0.05) is 25.1 Å². The van der Waals surface area contributed by atoms with E-state index in [2.05, 4.69) is 30.5 Å². The highest BCUT2D eigenvalue weighted by atomic mass is 15.1. The zero-order valence-corrected chi connectivity index (χ0v) is 10.9. The number of aryl methyl sites for hydroxylation is 1. The summed E-state index contributed by atoms with van der Waals surface area (Å²) in [4.78, 5) is 2.45. The molecule has 1 aromatic rings. The minimum atomic E-state index is 0.841. The third-order valence-corrected chi connectivity index (χ3v) is 2.85. The van der Waals surface area contributed by atoms with Gasteiger partial charge in [0.05, 0.1) is 0 Å². The topological polar surface area (TPSA) is 29.3 Å². The minimum absolute atomic E-state index is 0.841. The molecule has 2 N–H and O–H groups in total. The fourth-order valence-corrected chi connectivity index (χ4v) is 1.98. The average molecular weight is 232 g/mol. The van der Waals surface area contributed by atoms with Crippen LogP contribution in [0.5, 0.6) is 0 Å². The van der Waals surface area contributed by atoms with E-state index in [1.807, 2.05) is 18.2 Å². The normalized spacial score (nSPS) is 10.7. The summed E-state index contributed by atoms with van der Waals surface area (Å²) >= 11 is 0. The van der Waals surface area contributed by atoms with Gasteiger partial charge in [-0.15, -0.1) is 6.58 Å². The van der Waals surface area contributed by atoms with Crippen LogP contribution in [0.3, 0.4) is 0 Å². The van der Waals surface area contributed by atoms with Gasteiger partial charge in [-0.05, 0) is 50.0 Å². The molecule has 94 valence electrons. The summed E-state index contributed by atoms with van der Waals surface area (Å²) in [5.41, 5.74) is 7.87. The molecule has 1 aromatic carbocycles. The maximum atomic E-state index is 5.66. The third kappa shape index (κ3) is 5.55. The van der Waals surface area contributed by atoms with Crippen molar-refractivity contribution in [1.82, 2.24) is 4.90 Å². The summed E-state index contributed by atoms with van der Waals surface area (Å²) in [5.74, 6) is 0. The number of benzene rings is 1. The van der Waals surface area contributed by atoms with E-state index in [0.717, 1.165) is 31.7 Å². The lowest BCUT2D eigenvalue weighted by atomic mass is 10.1. The molecule has 0 aromatic heterocycles. The molecule has 0 unspecified atom stereocenters. The first-order valence-electron chi connectivity index (χ1n) is 6.44. The highest BCUT2D eigenvalue weighted by Crippen LogP contribution is 2.08. The van der Waals surface area contributed by atoms with Crippen LogP contribution in [-0.2, 0) is 6.42 Å². The number of rotatable bonds is 8. The zero-order valence-electron chi connectivity index (χ0n) is 10.9. The molecule has 0 amide bonds. The molecule has 0 aliphatic rings. The lowest BCUT2D eigenvalue weighted by molar-refractivity contribution is 0.299. The Labute approximate surface area is 105 Å². The van der Waals surface area contributed by atoms with Crippen LogP contribution < -0.4 is 5.73 Å². The molecule has 2 nitrogen and oxygen atoms in total. The van der Waals surface area contributed by atoms with Gasteiger partial charge in [0, 0.05) is 12.2 Å². The van der Waals surface area contributed by atoms with Crippen molar-refractivity contribution in [1.29, 1.82) is 0 Å². The molecule has 0 atom stereocenters. The fourth-order valence-electron chi connectivity index (χ4n) is 1.98.